The molecule has 108 valence electrons. The molecule has 1 aromatic heterocycles. The molecular formula is C15H28N4. The number of nitrogens with one attached hydrogen (secondary N) is 1. The molecule has 1 N–H and O–H groups in total. The van der Waals surface area contributed by atoms with Crippen molar-refractivity contribution >= 4 is 0 Å². The maximum Gasteiger partial charge on any atom is 0.0951 e. The van der Waals surface area contributed by atoms with E-state index >= 15 is 0 Å². The van der Waals surface area contributed by atoms with Gasteiger partial charge in [0.05, 0.1) is 6.33 Å². The molecule has 1 fully saturated rings. The van der Waals surface area contributed by atoms with Crippen LogP contribution in [0.2, 0.25) is 0 Å². The monoisotopic (exact) mass is 264 g/mol. The van der Waals surface area contributed by atoms with Crippen molar-refractivity contribution in [1.82, 2.24) is 19.8 Å². The molecule has 2 atom stereocenters. The van der Waals surface area contributed by atoms with Gasteiger partial charge in [-0.2, -0.15) is 0 Å². The summed E-state index contributed by atoms with van der Waals surface area (Å²) in [5, 5.41) is 3.48. The first-order chi connectivity index (χ1) is 9.10. The minimum atomic E-state index is 0.244. The predicted octanol–water partition coefficient (Wildman–Crippen LogP) is 2.04. The molecule has 0 aliphatic carbocycles. The van der Waals surface area contributed by atoms with Gasteiger partial charge in [-0.25, -0.2) is 4.98 Å². The number of hydrogen-bond acceptors (Lipinski definition) is 3. The third-order valence-electron chi connectivity index (χ3n) is 4.54. The number of imidazole rings is 1. The van der Waals surface area contributed by atoms with Crippen LogP contribution in [0.1, 0.15) is 45.9 Å². The van der Waals surface area contributed by atoms with Crippen molar-refractivity contribution in [3.63, 3.8) is 0 Å². The van der Waals surface area contributed by atoms with Crippen molar-refractivity contribution in [3.8, 4) is 0 Å². The van der Waals surface area contributed by atoms with E-state index in [2.05, 4.69) is 53.7 Å². The van der Waals surface area contributed by atoms with E-state index < -0.39 is 0 Å². The van der Waals surface area contributed by atoms with Crippen LogP contribution in [0.25, 0.3) is 0 Å². The lowest BCUT2D eigenvalue weighted by Gasteiger charge is -2.29. The van der Waals surface area contributed by atoms with Crippen molar-refractivity contribution in [2.45, 2.75) is 45.6 Å². The van der Waals surface area contributed by atoms with E-state index in [1.54, 1.807) is 0 Å². The molecule has 4 heteroatoms. The number of rotatable bonds is 6. The maximum absolute atomic E-state index is 4.41. The first-order valence-electron chi connectivity index (χ1n) is 7.56. The average Bonchev–Trinajstić information content (AvgIpc) is 3.04. The molecule has 0 aromatic carbocycles. The van der Waals surface area contributed by atoms with Crippen LogP contribution in [0.5, 0.6) is 0 Å². The third-order valence-corrected chi connectivity index (χ3v) is 4.54. The van der Waals surface area contributed by atoms with Gasteiger partial charge in [0.25, 0.3) is 0 Å². The van der Waals surface area contributed by atoms with Crippen LogP contribution in [0.4, 0.5) is 0 Å². The second kappa shape index (κ2) is 6.06. The summed E-state index contributed by atoms with van der Waals surface area (Å²) in [6.07, 6.45) is 5.27. The molecule has 2 heterocycles. The summed E-state index contributed by atoms with van der Waals surface area (Å²) < 4.78 is 2.38. The molecule has 2 rings (SSSR count). The Hall–Kier alpha value is -0.870. The molecule has 4 nitrogen and oxygen atoms in total. The molecule has 1 aromatic rings. The summed E-state index contributed by atoms with van der Waals surface area (Å²) in [6.45, 7) is 14.6. The molecule has 0 saturated carbocycles. The van der Waals surface area contributed by atoms with Crippen LogP contribution >= 0.6 is 0 Å². The summed E-state index contributed by atoms with van der Waals surface area (Å²) in [5.74, 6) is 0. The van der Waals surface area contributed by atoms with Crippen LogP contribution in [0.15, 0.2) is 12.5 Å². The minimum absolute atomic E-state index is 0.244. The van der Waals surface area contributed by atoms with Gasteiger partial charge in [0.1, 0.15) is 0 Å². The van der Waals surface area contributed by atoms with E-state index in [-0.39, 0.29) is 5.41 Å². The highest BCUT2D eigenvalue weighted by Gasteiger charge is 2.34. The van der Waals surface area contributed by atoms with Gasteiger partial charge in [0.2, 0.25) is 0 Å². The second-order valence-corrected chi connectivity index (χ2v) is 6.01. The fourth-order valence-corrected chi connectivity index (χ4v) is 3.10. The molecule has 0 spiro atoms. The summed E-state index contributed by atoms with van der Waals surface area (Å²) in [7, 11) is 0. The number of hydrogen-bond donors (Lipinski definition) is 1. The van der Waals surface area contributed by atoms with Gasteiger partial charge in [-0.1, -0.05) is 20.8 Å². The van der Waals surface area contributed by atoms with Gasteiger partial charge in [0, 0.05) is 36.4 Å². The van der Waals surface area contributed by atoms with Gasteiger partial charge in [-0.15, -0.1) is 0 Å². The molecule has 0 amide bonds. The van der Waals surface area contributed by atoms with Crippen molar-refractivity contribution in [3.05, 3.63) is 18.2 Å². The second-order valence-electron chi connectivity index (χ2n) is 6.01. The van der Waals surface area contributed by atoms with Gasteiger partial charge < -0.3 is 14.8 Å². The van der Waals surface area contributed by atoms with E-state index in [0.29, 0.717) is 6.04 Å². The highest BCUT2D eigenvalue weighted by molar-refractivity contribution is 5.18. The van der Waals surface area contributed by atoms with Crippen LogP contribution in [-0.4, -0.2) is 47.2 Å². The molecule has 1 aliphatic heterocycles. The smallest absolute Gasteiger partial charge is 0.0951 e. The van der Waals surface area contributed by atoms with E-state index in [1.165, 1.54) is 12.1 Å². The van der Waals surface area contributed by atoms with Gasteiger partial charge >= 0.3 is 0 Å². The predicted molar refractivity (Wildman–Crippen MR) is 79.6 cm³/mol. The molecule has 1 saturated heterocycles. The molecular weight excluding hydrogens is 236 g/mol. The molecule has 1 aliphatic rings. The van der Waals surface area contributed by atoms with Crippen molar-refractivity contribution < 1.29 is 0 Å². The fraction of sp³-hybridized carbons (Fsp3) is 0.800. The highest BCUT2D eigenvalue weighted by Crippen LogP contribution is 2.31. The van der Waals surface area contributed by atoms with Crippen LogP contribution in [0, 0.1) is 0 Å². The highest BCUT2D eigenvalue weighted by atomic mass is 15.2. The average molecular weight is 264 g/mol. The van der Waals surface area contributed by atoms with Crippen LogP contribution in [0.3, 0.4) is 0 Å². The maximum atomic E-state index is 4.41. The van der Waals surface area contributed by atoms with Gasteiger partial charge in [-0.05, 0) is 33.0 Å². The van der Waals surface area contributed by atoms with E-state index in [1.807, 2.05) is 6.33 Å². The fourth-order valence-electron chi connectivity index (χ4n) is 3.10. The topological polar surface area (TPSA) is 33.1 Å². The zero-order valence-corrected chi connectivity index (χ0v) is 12.8. The van der Waals surface area contributed by atoms with Crippen molar-refractivity contribution in [1.29, 1.82) is 0 Å². The summed E-state index contributed by atoms with van der Waals surface area (Å²) >= 11 is 0. The quantitative estimate of drug-likeness (QED) is 0.853. The standard InChI is InChI=1S/C15H28N4/c1-5-18(6-2)10-13(3)19-12-17-9-14(19)15(4)7-8-16-11-15/h9,12-13,16H,5-8,10-11H2,1-4H3. The Balaban J connectivity index is 2.14. The van der Waals surface area contributed by atoms with Gasteiger partial charge in [0.15, 0.2) is 0 Å². The number of aromatic nitrogens is 2. The Morgan fingerprint density at radius 3 is 2.79 bits per heavy atom. The Morgan fingerprint density at radius 2 is 2.21 bits per heavy atom. The Labute approximate surface area is 117 Å². The third kappa shape index (κ3) is 3.00. The van der Waals surface area contributed by atoms with Crippen molar-refractivity contribution in [2.75, 3.05) is 32.7 Å². The minimum Gasteiger partial charge on any atom is -0.330 e. The zero-order valence-electron chi connectivity index (χ0n) is 12.8. The number of likely N-dealkylation sites (N-methyl/N-ethyl adjacent to an activating group) is 1. The van der Waals surface area contributed by atoms with E-state index in [0.717, 1.165) is 32.7 Å². The largest absolute Gasteiger partial charge is 0.330 e. The van der Waals surface area contributed by atoms with Crippen LogP contribution < -0.4 is 5.32 Å². The first kappa shape index (κ1) is 14.5. The molecule has 0 bridgehead atoms. The SMILES string of the molecule is CCN(CC)CC(C)n1cncc1C1(C)CCNC1. The Morgan fingerprint density at radius 1 is 1.47 bits per heavy atom. The van der Waals surface area contributed by atoms with Crippen molar-refractivity contribution in [2.24, 2.45) is 0 Å². The van der Waals surface area contributed by atoms with E-state index in [4.69, 9.17) is 0 Å². The molecule has 2 unspecified atom stereocenters. The summed E-state index contributed by atoms with van der Waals surface area (Å²) in [6, 6.07) is 0.481. The van der Waals surface area contributed by atoms with Gasteiger partial charge in [-0.3, -0.25) is 0 Å². The first-order valence-corrected chi connectivity index (χ1v) is 7.56. The summed E-state index contributed by atoms with van der Waals surface area (Å²) in [4.78, 5) is 6.88. The zero-order chi connectivity index (χ0) is 13.9. The summed E-state index contributed by atoms with van der Waals surface area (Å²) in [5.41, 5.74) is 1.63. The number of nitrogens with zero attached hydrogens (tertiary/aromatic N) is 3. The Kier molecular flexibility index (Phi) is 4.63. The molecule has 0 radical (unpaired) electrons. The normalized spacial score (nSPS) is 25.1. The van der Waals surface area contributed by atoms with E-state index in [9.17, 15) is 0 Å². The lowest BCUT2D eigenvalue weighted by Crippen LogP contribution is -2.33. The van der Waals surface area contributed by atoms with Crippen LogP contribution in [-0.2, 0) is 5.41 Å². The Bertz CT molecular complexity index is 389. The lowest BCUT2D eigenvalue weighted by atomic mass is 9.86. The molecule has 19 heavy (non-hydrogen) atoms. The lowest BCUT2D eigenvalue weighted by molar-refractivity contribution is 0.255.